The number of likely N-dealkylation sites (tertiary alicyclic amines) is 1. The Hall–Kier alpha value is -1.92. The first-order chi connectivity index (χ1) is 9.07. The SMILES string of the molecule is CCC1(C(=O)O)CCN(C(=O)CCn2ccnn2)C1. The van der Waals surface area contributed by atoms with Crippen LogP contribution in [0.15, 0.2) is 12.4 Å². The third-order valence-electron chi connectivity index (χ3n) is 3.86. The zero-order chi connectivity index (χ0) is 13.9. The van der Waals surface area contributed by atoms with Crippen LogP contribution in [0.3, 0.4) is 0 Å². The lowest BCUT2D eigenvalue weighted by atomic mass is 9.84. The number of carbonyl (C=O) groups is 2. The summed E-state index contributed by atoms with van der Waals surface area (Å²) in [6, 6.07) is 0. The quantitative estimate of drug-likeness (QED) is 0.832. The molecule has 1 saturated heterocycles. The molecule has 0 bridgehead atoms. The van der Waals surface area contributed by atoms with E-state index in [-0.39, 0.29) is 5.91 Å². The van der Waals surface area contributed by atoms with Crippen molar-refractivity contribution in [3.8, 4) is 0 Å². The van der Waals surface area contributed by atoms with Crippen LogP contribution in [-0.4, -0.2) is 50.0 Å². The maximum atomic E-state index is 12.0. The third-order valence-corrected chi connectivity index (χ3v) is 3.86. The van der Waals surface area contributed by atoms with E-state index >= 15 is 0 Å². The van der Waals surface area contributed by atoms with Crippen molar-refractivity contribution >= 4 is 11.9 Å². The fourth-order valence-corrected chi connectivity index (χ4v) is 2.42. The molecule has 0 aromatic carbocycles. The van der Waals surface area contributed by atoms with Gasteiger partial charge in [-0.05, 0) is 12.8 Å². The number of nitrogens with zero attached hydrogens (tertiary/aromatic N) is 4. The van der Waals surface area contributed by atoms with Gasteiger partial charge in [0.25, 0.3) is 0 Å². The van der Waals surface area contributed by atoms with Crippen LogP contribution in [0.25, 0.3) is 0 Å². The molecule has 7 heteroatoms. The first-order valence-corrected chi connectivity index (χ1v) is 6.43. The lowest BCUT2D eigenvalue weighted by molar-refractivity contribution is -0.148. The minimum atomic E-state index is -0.804. The molecule has 1 aromatic rings. The van der Waals surface area contributed by atoms with Crippen molar-refractivity contribution < 1.29 is 14.7 Å². The smallest absolute Gasteiger partial charge is 0.311 e. The van der Waals surface area contributed by atoms with Gasteiger partial charge in [0.05, 0.1) is 18.2 Å². The fraction of sp³-hybridized carbons (Fsp3) is 0.667. The maximum Gasteiger partial charge on any atom is 0.311 e. The fourth-order valence-electron chi connectivity index (χ4n) is 2.42. The summed E-state index contributed by atoms with van der Waals surface area (Å²) in [5.41, 5.74) is -0.761. The van der Waals surface area contributed by atoms with Crippen molar-refractivity contribution in [2.24, 2.45) is 5.41 Å². The van der Waals surface area contributed by atoms with E-state index in [4.69, 9.17) is 0 Å². The topological polar surface area (TPSA) is 88.3 Å². The van der Waals surface area contributed by atoms with Crippen molar-refractivity contribution in [3.63, 3.8) is 0 Å². The number of hydrogen-bond donors (Lipinski definition) is 1. The second-order valence-electron chi connectivity index (χ2n) is 4.92. The zero-order valence-corrected chi connectivity index (χ0v) is 10.9. The molecule has 1 N–H and O–H groups in total. The average molecular weight is 266 g/mol. The Bertz CT molecular complexity index is 460. The summed E-state index contributed by atoms with van der Waals surface area (Å²) in [7, 11) is 0. The molecule has 1 aliphatic heterocycles. The van der Waals surface area contributed by atoms with Gasteiger partial charge in [-0.2, -0.15) is 0 Å². The first kappa shape index (κ1) is 13.5. The predicted molar refractivity (Wildman–Crippen MR) is 66.2 cm³/mol. The average Bonchev–Trinajstić information content (AvgIpc) is 3.05. The summed E-state index contributed by atoms with van der Waals surface area (Å²) in [4.78, 5) is 25.0. The molecule has 2 rings (SSSR count). The van der Waals surface area contributed by atoms with Crippen molar-refractivity contribution in [1.82, 2.24) is 19.9 Å². The molecule has 19 heavy (non-hydrogen) atoms. The number of aromatic nitrogens is 3. The van der Waals surface area contributed by atoms with E-state index in [9.17, 15) is 14.7 Å². The van der Waals surface area contributed by atoms with Crippen LogP contribution in [0.4, 0.5) is 0 Å². The summed E-state index contributed by atoms with van der Waals surface area (Å²) in [6.45, 7) is 3.17. The van der Waals surface area contributed by atoms with E-state index in [1.54, 1.807) is 22.0 Å². The van der Waals surface area contributed by atoms with Gasteiger partial charge in [0.1, 0.15) is 0 Å². The molecule has 104 valence electrons. The van der Waals surface area contributed by atoms with Gasteiger partial charge in [0, 0.05) is 25.7 Å². The first-order valence-electron chi connectivity index (χ1n) is 6.43. The summed E-state index contributed by atoms with van der Waals surface area (Å²) < 4.78 is 1.60. The number of carboxylic acid groups (broad SMARTS) is 1. The van der Waals surface area contributed by atoms with E-state index in [1.807, 2.05) is 6.92 Å². The van der Waals surface area contributed by atoms with Gasteiger partial charge in [-0.15, -0.1) is 5.10 Å². The second-order valence-corrected chi connectivity index (χ2v) is 4.92. The Balaban J connectivity index is 1.89. The molecule has 1 amide bonds. The molecule has 1 aromatic heterocycles. The van der Waals surface area contributed by atoms with Crippen LogP contribution < -0.4 is 0 Å². The molecule has 0 aliphatic carbocycles. The van der Waals surface area contributed by atoms with E-state index < -0.39 is 11.4 Å². The largest absolute Gasteiger partial charge is 0.481 e. The Labute approximate surface area is 111 Å². The highest BCUT2D eigenvalue weighted by atomic mass is 16.4. The number of aliphatic carboxylic acids is 1. The Morgan fingerprint density at radius 2 is 2.26 bits per heavy atom. The lowest BCUT2D eigenvalue weighted by Crippen LogP contribution is -2.36. The van der Waals surface area contributed by atoms with Crippen LogP contribution in [0.2, 0.25) is 0 Å². The van der Waals surface area contributed by atoms with Gasteiger partial charge in [0.15, 0.2) is 0 Å². The van der Waals surface area contributed by atoms with Crippen LogP contribution in [-0.2, 0) is 16.1 Å². The monoisotopic (exact) mass is 266 g/mol. The van der Waals surface area contributed by atoms with Gasteiger partial charge < -0.3 is 10.0 Å². The van der Waals surface area contributed by atoms with Crippen molar-refractivity contribution in [1.29, 1.82) is 0 Å². The van der Waals surface area contributed by atoms with Gasteiger partial charge in [0.2, 0.25) is 5.91 Å². The van der Waals surface area contributed by atoms with Gasteiger partial charge >= 0.3 is 5.97 Å². The highest BCUT2D eigenvalue weighted by molar-refractivity contribution is 5.80. The molecule has 0 spiro atoms. The normalized spacial score (nSPS) is 22.7. The zero-order valence-electron chi connectivity index (χ0n) is 10.9. The standard InChI is InChI=1S/C12H18N4O3/c1-2-12(11(18)19)4-7-15(9-12)10(17)3-6-16-8-5-13-14-16/h5,8H,2-4,6-7,9H2,1H3,(H,18,19). The summed E-state index contributed by atoms with van der Waals surface area (Å²) in [5, 5.41) is 16.7. The minimum Gasteiger partial charge on any atom is -0.481 e. The van der Waals surface area contributed by atoms with Crippen LogP contribution in [0.1, 0.15) is 26.2 Å². The number of carbonyl (C=O) groups excluding carboxylic acids is 1. The van der Waals surface area contributed by atoms with E-state index in [0.29, 0.717) is 38.9 Å². The molecule has 2 heterocycles. The highest BCUT2D eigenvalue weighted by Gasteiger charge is 2.44. The van der Waals surface area contributed by atoms with Crippen molar-refractivity contribution in [3.05, 3.63) is 12.4 Å². The molecule has 0 radical (unpaired) electrons. The van der Waals surface area contributed by atoms with E-state index in [1.165, 1.54) is 0 Å². The van der Waals surface area contributed by atoms with E-state index in [0.717, 1.165) is 0 Å². The molecule has 1 aliphatic rings. The van der Waals surface area contributed by atoms with Gasteiger partial charge in [-0.3, -0.25) is 14.3 Å². The summed E-state index contributed by atoms with van der Waals surface area (Å²) in [6.07, 6.45) is 4.67. The third kappa shape index (κ3) is 2.74. The highest BCUT2D eigenvalue weighted by Crippen LogP contribution is 2.34. The number of carboxylic acids is 1. The number of hydrogen-bond acceptors (Lipinski definition) is 4. The molecule has 1 atom stereocenters. The molecular weight excluding hydrogens is 248 g/mol. The van der Waals surface area contributed by atoms with Gasteiger partial charge in [-0.25, -0.2) is 0 Å². The number of rotatable bonds is 5. The van der Waals surface area contributed by atoms with Crippen molar-refractivity contribution in [2.75, 3.05) is 13.1 Å². The number of aryl methyl sites for hydroxylation is 1. The Morgan fingerprint density at radius 1 is 1.47 bits per heavy atom. The molecular formula is C12H18N4O3. The van der Waals surface area contributed by atoms with Crippen LogP contribution >= 0.6 is 0 Å². The summed E-state index contributed by atoms with van der Waals surface area (Å²) >= 11 is 0. The van der Waals surface area contributed by atoms with Crippen LogP contribution in [0.5, 0.6) is 0 Å². The van der Waals surface area contributed by atoms with Crippen LogP contribution in [0, 0.1) is 5.41 Å². The van der Waals surface area contributed by atoms with Crippen molar-refractivity contribution in [2.45, 2.75) is 32.7 Å². The van der Waals surface area contributed by atoms with Gasteiger partial charge in [-0.1, -0.05) is 12.1 Å². The second kappa shape index (κ2) is 5.38. The Morgan fingerprint density at radius 3 is 2.79 bits per heavy atom. The number of amides is 1. The Kier molecular flexibility index (Phi) is 3.82. The minimum absolute atomic E-state index is 0.0212. The molecule has 1 fully saturated rings. The predicted octanol–water partition coefficient (Wildman–Crippen LogP) is 0.381. The molecule has 1 unspecified atom stereocenters. The summed E-state index contributed by atoms with van der Waals surface area (Å²) in [5.74, 6) is -0.825. The van der Waals surface area contributed by atoms with E-state index in [2.05, 4.69) is 10.3 Å². The lowest BCUT2D eigenvalue weighted by Gasteiger charge is -2.23. The molecule has 0 saturated carbocycles. The molecule has 7 nitrogen and oxygen atoms in total. The maximum absolute atomic E-state index is 12.0.